The monoisotopic (exact) mass is 263 g/mol. The minimum Gasteiger partial charge on any atom is -0.496 e. The first-order valence-electron chi connectivity index (χ1n) is 6.81. The molecule has 0 radical (unpaired) electrons. The number of benzene rings is 1. The summed E-state index contributed by atoms with van der Waals surface area (Å²) >= 11 is 0. The van der Waals surface area contributed by atoms with Gasteiger partial charge in [-0.25, -0.2) is 0 Å². The van der Waals surface area contributed by atoms with Crippen molar-refractivity contribution in [1.82, 2.24) is 0 Å². The molecule has 1 aromatic rings. The molecule has 1 saturated heterocycles. The zero-order chi connectivity index (χ0) is 14.3. The van der Waals surface area contributed by atoms with Crippen molar-refractivity contribution in [2.45, 2.75) is 33.1 Å². The second kappa shape index (κ2) is 4.80. The van der Waals surface area contributed by atoms with Crippen LogP contribution in [0.1, 0.15) is 30.5 Å². The van der Waals surface area contributed by atoms with Gasteiger partial charge in [0.1, 0.15) is 5.75 Å². The van der Waals surface area contributed by atoms with Gasteiger partial charge in [0.05, 0.1) is 20.3 Å². The van der Waals surface area contributed by atoms with Crippen LogP contribution in [0.25, 0.3) is 0 Å². The molecule has 0 amide bonds. The van der Waals surface area contributed by atoms with Gasteiger partial charge in [-0.2, -0.15) is 0 Å². The zero-order valence-corrected chi connectivity index (χ0v) is 12.7. The Morgan fingerprint density at radius 2 is 1.89 bits per heavy atom. The summed E-state index contributed by atoms with van der Waals surface area (Å²) in [6.07, 6.45) is 0. The van der Waals surface area contributed by atoms with Gasteiger partial charge in [-0.05, 0) is 48.6 Å². The molecule has 2 N–H and O–H groups in total. The van der Waals surface area contributed by atoms with Crippen LogP contribution >= 0.6 is 0 Å². The van der Waals surface area contributed by atoms with Crippen LogP contribution in [0.15, 0.2) is 12.1 Å². The summed E-state index contributed by atoms with van der Waals surface area (Å²) in [6.45, 7) is 10.9. The Bertz CT molecular complexity index is 476. The largest absolute Gasteiger partial charge is 0.496 e. The quantitative estimate of drug-likeness (QED) is 0.908. The average molecular weight is 263 g/mol. The Morgan fingerprint density at radius 1 is 1.26 bits per heavy atom. The van der Waals surface area contributed by atoms with Gasteiger partial charge in [-0.3, -0.25) is 0 Å². The van der Waals surface area contributed by atoms with Crippen LogP contribution in [-0.2, 0) is 10.2 Å². The smallest absolute Gasteiger partial charge is 0.122 e. The topological polar surface area (TPSA) is 44.5 Å². The molecule has 0 unspecified atom stereocenters. The van der Waals surface area contributed by atoms with Crippen LogP contribution in [0, 0.1) is 19.3 Å². The molecule has 19 heavy (non-hydrogen) atoms. The molecule has 1 aromatic carbocycles. The van der Waals surface area contributed by atoms with Crippen molar-refractivity contribution >= 4 is 0 Å². The molecule has 0 saturated carbocycles. The molecule has 106 valence electrons. The van der Waals surface area contributed by atoms with Crippen molar-refractivity contribution < 1.29 is 9.47 Å². The van der Waals surface area contributed by atoms with Crippen LogP contribution in [-0.4, -0.2) is 26.9 Å². The zero-order valence-electron chi connectivity index (χ0n) is 12.7. The van der Waals surface area contributed by atoms with Crippen molar-refractivity contribution in [2.24, 2.45) is 11.1 Å². The van der Waals surface area contributed by atoms with Crippen LogP contribution in [0.4, 0.5) is 0 Å². The van der Waals surface area contributed by atoms with Gasteiger partial charge in [-0.1, -0.05) is 19.9 Å². The summed E-state index contributed by atoms with van der Waals surface area (Å²) in [5, 5.41) is 0. The van der Waals surface area contributed by atoms with Gasteiger partial charge in [0.25, 0.3) is 0 Å². The molecule has 1 fully saturated rings. The molecule has 1 heterocycles. The van der Waals surface area contributed by atoms with Crippen LogP contribution in [0.5, 0.6) is 5.75 Å². The standard InChI is InChI=1S/C16H25NO2/c1-11-7-14(18-5)12(2)6-13(11)16(9-19-10-16)15(3,4)8-17/h6-7H,8-10,17H2,1-5H3. The summed E-state index contributed by atoms with van der Waals surface area (Å²) in [7, 11) is 1.72. The second-order valence-corrected chi connectivity index (χ2v) is 6.30. The first-order chi connectivity index (χ1) is 8.88. The Hall–Kier alpha value is -1.06. The van der Waals surface area contributed by atoms with E-state index in [9.17, 15) is 0 Å². The molecule has 0 aromatic heterocycles. The van der Waals surface area contributed by atoms with Gasteiger partial charge in [-0.15, -0.1) is 0 Å². The third kappa shape index (κ3) is 2.05. The molecule has 1 aliphatic heterocycles. The molecule has 1 aliphatic rings. The summed E-state index contributed by atoms with van der Waals surface area (Å²) < 4.78 is 10.9. The second-order valence-electron chi connectivity index (χ2n) is 6.30. The molecule has 0 bridgehead atoms. The minimum atomic E-state index is 0.0248. The van der Waals surface area contributed by atoms with E-state index in [0.717, 1.165) is 19.0 Å². The van der Waals surface area contributed by atoms with Crippen molar-refractivity contribution in [2.75, 3.05) is 26.9 Å². The lowest BCUT2D eigenvalue weighted by atomic mass is 9.59. The molecular formula is C16H25NO2. The van der Waals surface area contributed by atoms with E-state index in [-0.39, 0.29) is 10.8 Å². The number of rotatable bonds is 4. The fourth-order valence-electron chi connectivity index (χ4n) is 2.94. The van der Waals surface area contributed by atoms with E-state index in [4.69, 9.17) is 15.2 Å². The molecule has 0 spiro atoms. The highest BCUT2D eigenvalue weighted by atomic mass is 16.5. The van der Waals surface area contributed by atoms with Gasteiger partial charge in [0, 0.05) is 5.41 Å². The Kier molecular flexibility index (Phi) is 3.63. The summed E-state index contributed by atoms with van der Waals surface area (Å²) in [6, 6.07) is 4.37. The average Bonchev–Trinajstić information content (AvgIpc) is 2.31. The van der Waals surface area contributed by atoms with Crippen molar-refractivity contribution in [3.63, 3.8) is 0 Å². The molecule has 3 nitrogen and oxygen atoms in total. The molecule has 0 atom stereocenters. The summed E-state index contributed by atoms with van der Waals surface area (Å²) in [4.78, 5) is 0. The van der Waals surface area contributed by atoms with E-state index in [0.29, 0.717) is 6.54 Å². The minimum absolute atomic E-state index is 0.0248. The first-order valence-corrected chi connectivity index (χ1v) is 6.81. The number of aryl methyl sites for hydroxylation is 2. The Balaban J connectivity index is 2.54. The number of methoxy groups -OCH3 is 1. The Labute approximate surface area is 116 Å². The first kappa shape index (κ1) is 14.4. The van der Waals surface area contributed by atoms with Gasteiger partial charge in [0.2, 0.25) is 0 Å². The Morgan fingerprint density at radius 3 is 2.32 bits per heavy atom. The molecule has 3 heteroatoms. The number of ether oxygens (including phenoxy) is 2. The maximum atomic E-state index is 6.00. The van der Waals surface area contributed by atoms with Gasteiger partial charge in [0.15, 0.2) is 0 Å². The predicted octanol–water partition coefficient (Wildman–Crippen LogP) is 2.56. The highest BCUT2D eigenvalue weighted by molar-refractivity contribution is 5.47. The number of hydrogen-bond donors (Lipinski definition) is 1. The van der Waals surface area contributed by atoms with E-state index in [2.05, 4.69) is 39.8 Å². The van der Waals surface area contributed by atoms with E-state index >= 15 is 0 Å². The van der Waals surface area contributed by atoms with Gasteiger partial charge < -0.3 is 15.2 Å². The number of hydrogen-bond acceptors (Lipinski definition) is 3. The lowest BCUT2D eigenvalue weighted by molar-refractivity contribution is -0.116. The fourth-order valence-corrected chi connectivity index (χ4v) is 2.94. The van der Waals surface area contributed by atoms with Crippen LogP contribution < -0.4 is 10.5 Å². The predicted molar refractivity (Wildman–Crippen MR) is 77.8 cm³/mol. The van der Waals surface area contributed by atoms with E-state index in [1.165, 1.54) is 16.7 Å². The van der Waals surface area contributed by atoms with E-state index < -0.39 is 0 Å². The summed E-state index contributed by atoms with van der Waals surface area (Å²) in [5.74, 6) is 0.946. The normalized spacial score (nSPS) is 18.0. The molecule has 0 aliphatic carbocycles. The summed E-state index contributed by atoms with van der Waals surface area (Å²) in [5.41, 5.74) is 9.84. The van der Waals surface area contributed by atoms with Crippen molar-refractivity contribution in [3.8, 4) is 5.75 Å². The molecule has 2 rings (SSSR count). The maximum absolute atomic E-state index is 6.00. The lowest BCUT2D eigenvalue weighted by Crippen LogP contribution is -2.59. The highest BCUT2D eigenvalue weighted by Crippen LogP contribution is 2.48. The van der Waals surface area contributed by atoms with Crippen molar-refractivity contribution in [1.29, 1.82) is 0 Å². The molecular weight excluding hydrogens is 238 g/mol. The van der Waals surface area contributed by atoms with Crippen LogP contribution in [0.2, 0.25) is 0 Å². The van der Waals surface area contributed by atoms with Crippen LogP contribution in [0.3, 0.4) is 0 Å². The fraction of sp³-hybridized carbons (Fsp3) is 0.625. The lowest BCUT2D eigenvalue weighted by Gasteiger charge is -2.53. The van der Waals surface area contributed by atoms with E-state index in [1.54, 1.807) is 7.11 Å². The van der Waals surface area contributed by atoms with Gasteiger partial charge >= 0.3 is 0 Å². The van der Waals surface area contributed by atoms with E-state index in [1.807, 2.05) is 0 Å². The third-order valence-electron chi connectivity index (χ3n) is 4.76. The number of nitrogens with two attached hydrogens (primary N) is 1. The third-order valence-corrected chi connectivity index (χ3v) is 4.76. The van der Waals surface area contributed by atoms with Crippen molar-refractivity contribution in [3.05, 3.63) is 28.8 Å². The maximum Gasteiger partial charge on any atom is 0.122 e. The highest BCUT2D eigenvalue weighted by Gasteiger charge is 2.52. The SMILES string of the molecule is COc1cc(C)c(C2(C(C)(C)CN)COC2)cc1C.